The van der Waals surface area contributed by atoms with Gasteiger partial charge in [0, 0.05) is 44.8 Å². The Labute approximate surface area is 167 Å². The van der Waals surface area contributed by atoms with Gasteiger partial charge in [0.25, 0.3) is 0 Å². The molecule has 1 aliphatic rings. The van der Waals surface area contributed by atoms with E-state index in [0.717, 1.165) is 44.0 Å². The van der Waals surface area contributed by atoms with Gasteiger partial charge in [0.15, 0.2) is 0 Å². The first-order valence-corrected chi connectivity index (χ1v) is 9.79. The van der Waals surface area contributed by atoms with Crippen LogP contribution in [-0.2, 0) is 11.3 Å². The number of amides is 1. The van der Waals surface area contributed by atoms with Crippen LogP contribution in [0.3, 0.4) is 0 Å². The molecule has 148 valence electrons. The Morgan fingerprint density at radius 2 is 1.68 bits per heavy atom. The summed E-state index contributed by atoms with van der Waals surface area (Å²) in [6.45, 7) is 5.69. The normalized spacial score (nSPS) is 15.6. The molecule has 0 saturated carbocycles. The van der Waals surface area contributed by atoms with E-state index >= 15 is 0 Å². The number of para-hydroxylation sites is 1. The second-order valence-electron chi connectivity index (χ2n) is 6.98. The highest BCUT2D eigenvalue weighted by atomic mass is 16.5. The van der Waals surface area contributed by atoms with Crippen LogP contribution >= 0.6 is 0 Å². The van der Waals surface area contributed by atoms with Gasteiger partial charge in [-0.15, -0.1) is 0 Å². The van der Waals surface area contributed by atoms with Crippen LogP contribution in [0.1, 0.15) is 11.1 Å². The van der Waals surface area contributed by atoms with E-state index in [4.69, 9.17) is 4.74 Å². The maximum absolute atomic E-state index is 12.3. The van der Waals surface area contributed by atoms with Crippen molar-refractivity contribution in [2.24, 2.45) is 0 Å². The second-order valence-corrected chi connectivity index (χ2v) is 6.98. The Morgan fingerprint density at radius 3 is 2.43 bits per heavy atom. The van der Waals surface area contributed by atoms with Gasteiger partial charge in [-0.3, -0.25) is 14.6 Å². The Hall–Kier alpha value is -2.63. The zero-order chi connectivity index (χ0) is 19.6. The number of ether oxygens (including phenoxy) is 1. The zero-order valence-electron chi connectivity index (χ0n) is 16.5. The van der Waals surface area contributed by atoms with Crippen LogP contribution in [0, 0.1) is 0 Å². The van der Waals surface area contributed by atoms with E-state index in [9.17, 15) is 4.79 Å². The third-order valence-electron chi connectivity index (χ3n) is 4.97. The molecule has 1 N–H and O–H groups in total. The molecule has 5 nitrogen and oxygen atoms in total. The van der Waals surface area contributed by atoms with Crippen molar-refractivity contribution in [1.82, 2.24) is 15.1 Å². The zero-order valence-corrected chi connectivity index (χ0v) is 16.5. The van der Waals surface area contributed by atoms with Crippen LogP contribution in [-0.4, -0.2) is 62.1 Å². The summed E-state index contributed by atoms with van der Waals surface area (Å²) in [4.78, 5) is 16.9. The number of carbonyl (C=O) groups excluding carboxylic acids is 1. The molecule has 1 fully saturated rings. The number of hydrogen-bond donors (Lipinski definition) is 1. The maximum atomic E-state index is 12.3. The molecule has 28 heavy (non-hydrogen) atoms. The molecule has 0 radical (unpaired) electrons. The number of carbonyl (C=O) groups is 1. The molecule has 1 saturated heterocycles. The predicted octanol–water partition coefficient (Wildman–Crippen LogP) is 2.64. The topological polar surface area (TPSA) is 44.8 Å². The molecule has 1 heterocycles. The molecule has 0 spiro atoms. The van der Waals surface area contributed by atoms with E-state index in [1.165, 1.54) is 5.56 Å². The van der Waals surface area contributed by atoms with Crippen LogP contribution in [0.2, 0.25) is 0 Å². The van der Waals surface area contributed by atoms with Crippen molar-refractivity contribution in [1.29, 1.82) is 0 Å². The van der Waals surface area contributed by atoms with Crippen molar-refractivity contribution >= 4 is 12.0 Å². The Kier molecular flexibility index (Phi) is 7.64. The number of nitrogens with zero attached hydrogens (tertiary/aromatic N) is 2. The first-order valence-electron chi connectivity index (χ1n) is 9.79. The van der Waals surface area contributed by atoms with Gasteiger partial charge >= 0.3 is 0 Å². The van der Waals surface area contributed by atoms with Gasteiger partial charge < -0.3 is 10.1 Å². The minimum absolute atomic E-state index is 0.0586. The maximum Gasteiger partial charge on any atom is 0.234 e. The lowest BCUT2D eigenvalue weighted by atomic mass is 10.2. The third kappa shape index (κ3) is 6.22. The van der Waals surface area contributed by atoms with Crippen molar-refractivity contribution in [3.63, 3.8) is 0 Å². The Bertz CT molecular complexity index is 768. The van der Waals surface area contributed by atoms with Crippen LogP contribution in [0.4, 0.5) is 0 Å². The molecule has 0 aliphatic carbocycles. The quantitative estimate of drug-likeness (QED) is 0.766. The molecule has 5 heteroatoms. The van der Waals surface area contributed by atoms with E-state index in [-0.39, 0.29) is 5.91 Å². The monoisotopic (exact) mass is 379 g/mol. The number of rotatable bonds is 8. The minimum Gasteiger partial charge on any atom is -0.496 e. The highest BCUT2D eigenvalue weighted by molar-refractivity contribution is 5.78. The molecule has 0 atom stereocenters. The SMILES string of the molecule is COc1ccccc1CNC(=O)CN1CCN(C/C=C/c2ccccc2)CC1. The third-order valence-corrected chi connectivity index (χ3v) is 4.97. The summed E-state index contributed by atoms with van der Waals surface area (Å²) in [7, 11) is 1.65. The largest absolute Gasteiger partial charge is 0.496 e. The van der Waals surface area contributed by atoms with Crippen molar-refractivity contribution < 1.29 is 9.53 Å². The van der Waals surface area contributed by atoms with Gasteiger partial charge in [-0.05, 0) is 11.6 Å². The fourth-order valence-corrected chi connectivity index (χ4v) is 3.33. The highest BCUT2D eigenvalue weighted by Crippen LogP contribution is 2.16. The average molecular weight is 380 g/mol. The second kappa shape index (κ2) is 10.6. The summed E-state index contributed by atoms with van der Waals surface area (Å²) in [5, 5.41) is 3.00. The fraction of sp³-hybridized carbons (Fsp3) is 0.348. The van der Waals surface area contributed by atoms with Crippen molar-refractivity contribution in [2.45, 2.75) is 6.54 Å². The molecule has 0 unspecified atom stereocenters. The highest BCUT2D eigenvalue weighted by Gasteiger charge is 2.18. The van der Waals surface area contributed by atoms with Gasteiger partial charge in [0.05, 0.1) is 13.7 Å². The first-order chi connectivity index (χ1) is 13.7. The smallest absolute Gasteiger partial charge is 0.234 e. The summed E-state index contributed by atoms with van der Waals surface area (Å²) < 4.78 is 5.33. The summed E-state index contributed by atoms with van der Waals surface area (Å²) in [5.74, 6) is 0.864. The minimum atomic E-state index is 0.0586. The number of nitrogens with one attached hydrogen (secondary N) is 1. The molecular weight excluding hydrogens is 350 g/mol. The standard InChI is InChI=1S/C23H29N3O2/c1-28-22-12-6-5-11-21(22)18-24-23(27)19-26-16-14-25(15-17-26)13-7-10-20-8-3-2-4-9-20/h2-12H,13-19H2,1H3,(H,24,27)/b10-7+. The number of piperazine rings is 1. The van der Waals surface area contributed by atoms with E-state index in [1.54, 1.807) is 7.11 Å². The molecule has 0 bridgehead atoms. The number of methoxy groups -OCH3 is 1. The number of benzene rings is 2. The van der Waals surface area contributed by atoms with E-state index in [1.807, 2.05) is 30.3 Å². The lowest BCUT2D eigenvalue weighted by Crippen LogP contribution is -2.49. The van der Waals surface area contributed by atoms with Crippen LogP contribution in [0.5, 0.6) is 5.75 Å². The molecule has 2 aromatic carbocycles. The molecule has 2 aromatic rings. The average Bonchev–Trinajstić information content (AvgIpc) is 2.74. The summed E-state index contributed by atoms with van der Waals surface area (Å²) >= 11 is 0. The predicted molar refractivity (Wildman–Crippen MR) is 113 cm³/mol. The summed E-state index contributed by atoms with van der Waals surface area (Å²) in [5.41, 5.74) is 2.22. The van der Waals surface area contributed by atoms with E-state index in [2.05, 4.69) is 51.5 Å². The summed E-state index contributed by atoms with van der Waals surface area (Å²) in [6, 6.07) is 18.1. The van der Waals surface area contributed by atoms with Gasteiger partial charge in [-0.1, -0.05) is 60.7 Å². The van der Waals surface area contributed by atoms with Crippen LogP contribution < -0.4 is 10.1 Å². The summed E-state index contributed by atoms with van der Waals surface area (Å²) in [6.07, 6.45) is 4.38. The van der Waals surface area contributed by atoms with Crippen molar-refractivity contribution in [3.8, 4) is 5.75 Å². The van der Waals surface area contributed by atoms with Gasteiger partial charge in [-0.2, -0.15) is 0 Å². The molecule has 1 aliphatic heterocycles. The van der Waals surface area contributed by atoms with Crippen molar-refractivity contribution in [2.75, 3.05) is 46.4 Å². The van der Waals surface area contributed by atoms with Crippen LogP contribution in [0.25, 0.3) is 6.08 Å². The van der Waals surface area contributed by atoms with Crippen molar-refractivity contribution in [3.05, 3.63) is 71.8 Å². The molecular formula is C23H29N3O2. The van der Waals surface area contributed by atoms with Gasteiger partial charge in [0.2, 0.25) is 5.91 Å². The Morgan fingerprint density at radius 1 is 1.00 bits per heavy atom. The van der Waals surface area contributed by atoms with Gasteiger partial charge in [0.1, 0.15) is 5.75 Å². The van der Waals surface area contributed by atoms with E-state index < -0.39 is 0 Å². The first kappa shape index (κ1) is 20.1. The van der Waals surface area contributed by atoms with E-state index in [0.29, 0.717) is 13.1 Å². The van der Waals surface area contributed by atoms with Gasteiger partial charge in [-0.25, -0.2) is 0 Å². The molecule has 1 amide bonds. The molecule has 0 aromatic heterocycles. The van der Waals surface area contributed by atoms with Crippen LogP contribution in [0.15, 0.2) is 60.7 Å². The lowest BCUT2D eigenvalue weighted by Gasteiger charge is -2.33. The Balaban J connectivity index is 1.35. The molecule has 3 rings (SSSR count). The fourth-order valence-electron chi connectivity index (χ4n) is 3.33. The lowest BCUT2D eigenvalue weighted by molar-refractivity contribution is -0.122. The number of hydrogen-bond acceptors (Lipinski definition) is 4.